The summed E-state index contributed by atoms with van der Waals surface area (Å²) in [6, 6.07) is 30.9. The topological polar surface area (TPSA) is 6.48 Å². The van der Waals surface area contributed by atoms with Crippen LogP contribution in [0, 0.1) is 6.92 Å². The molecule has 0 amide bonds. The minimum Gasteiger partial charge on any atom is -0.311 e. The third-order valence-electron chi connectivity index (χ3n) is 17.8. The smallest absolute Gasteiger partial charge is 0.252 e. The van der Waals surface area contributed by atoms with E-state index in [4.69, 9.17) is 0 Å². The lowest BCUT2D eigenvalue weighted by molar-refractivity contribution is 0.332. The van der Waals surface area contributed by atoms with Crippen molar-refractivity contribution in [3.8, 4) is 0 Å². The molecule has 2 heterocycles. The van der Waals surface area contributed by atoms with Crippen LogP contribution in [0.25, 0.3) is 0 Å². The van der Waals surface area contributed by atoms with E-state index in [1.165, 1.54) is 126 Å². The molecule has 2 nitrogen and oxygen atoms in total. The van der Waals surface area contributed by atoms with Crippen LogP contribution in [0.15, 0.2) is 72.8 Å². The Balaban J connectivity index is 1.36. The summed E-state index contributed by atoms with van der Waals surface area (Å²) in [4.78, 5) is 5.47. The molecule has 65 heavy (non-hydrogen) atoms. The maximum absolute atomic E-state index is 2.76. The van der Waals surface area contributed by atoms with Gasteiger partial charge in [-0.15, -0.1) is 0 Å². The molecule has 0 N–H and O–H groups in total. The first-order valence-corrected chi connectivity index (χ1v) is 25.3. The normalized spacial score (nSPS) is 21.2. The minimum atomic E-state index is -0.0884. The minimum absolute atomic E-state index is 0.00865. The van der Waals surface area contributed by atoms with Crippen molar-refractivity contribution in [1.82, 2.24) is 0 Å². The first-order chi connectivity index (χ1) is 29.8. The second kappa shape index (κ2) is 13.5. The number of fused-ring (bicyclic) bond motifs is 7. The van der Waals surface area contributed by atoms with Gasteiger partial charge in [-0.2, -0.15) is 0 Å². The van der Waals surface area contributed by atoms with E-state index in [-0.39, 0.29) is 50.0 Å². The molecule has 0 bridgehead atoms. The largest absolute Gasteiger partial charge is 0.311 e. The predicted octanol–water partition coefficient (Wildman–Crippen LogP) is 15.3. The Kier molecular flexibility index (Phi) is 9.24. The monoisotopic (exact) mass is 863 g/mol. The molecule has 3 aliphatic carbocycles. The molecule has 0 saturated heterocycles. The van der Waals surface area contributed by atoms with Gasteiger partial charge in [0.25, 0.3) is 6.71 Å². The van der Waals surface area contributed by atoms with E-state index in [9.17, 15) is 0 Å². The van der Waals surface area contributed by atoms with Crippen LogP contribution in [0.5, 0.6) is 0 Å². The molecule has 340 valence electrons. The highest BCUT2D eigenvalue weighted by Crippen LogP contribution is 2.56. The number of rotatable bonds is 2. The van der Waals surface area contributed by atoms with Gasteiger partial charge in [-0.3, -0.25) is 0 Å². The fraction of sp³-hybridized carbons (Fsp3) is 0.516. The van der Waals surface area contributed by atoms with E-state index >= 15 is 0 Å². The van der Waals surface area contributed by atoms with E-state index in [0.29, 0.717) is 0 Å². The molecule has 0 radical (unpaired) electrons. The summed E-state index contributed by atoms with van der Waals surface area (Å²) in [5.41, 5.74) is 25.9. The highest BCUT2D eigenvalue weighted by atomic mass is 15.2. The lowest BCUT2D eigenvalue weighted by Gasteiger charge is -2.47. The van der Waals surface area contributed by atoms with Gasteiger partial charge in [0, 0.05) is 34.1 Å². The van der Waals surface area contributed by atoms with E-state index in [0.717, 1.165) is 6.42 Å². The number of nitrogens with zero attached hydrogens (tertiary/aromatic N) is 2. The highest BCUT2D eigenvalue weighted by molar-refractivity contribution is 7.00. The molecule has 0 unspecified atom stereocenters. The van der Waals surface area contributed by atoms with Crippen molar-refractivity contribution in [3.05, 3.63) is 123 Å². The molecule has 10 rings (SSSR count). The van der Waals surface area contributed by atoms with E-state index < -0.39 is 0 Å². The van der Waals surface area contributed by atoms with Gasteiger partial charge in [0.05, 0.1) is 0 Å². The summed E-state index contributed by atoms with van der Waals surface area (Å²) in [6.45, 7) is 46.6. The zero-order valence-electron chi connectivity index (χ0n) is 43.9. The van der Waals surface area contributed by atoms with Gasteiger partial charge in [-0.25, -0.2) is 0 Å². The van der Waals surface area contributed by atoms with Crippen molar-refractivity contribution in [2.75, 3.05) is 9.80 Å². The molecule has 3 heteroatoms. The van der Waals surface area contributed by atoms with Crippen molar-refractivity contribution in [2.24, 2.45) is 0 Å². The second-order valence-corrected chi connectivity index (χ2v) is 27.7. The van der Waals surface area contributed by atoms with Crippen molar-refractivity contribution >= 4 is 57.2 Å². The van der Waals surface area contributed by atoms with Crippen LogP contribution in [0.2, 0.25) is 0 Å². The fourth-order valence-corrected chi connectivity index (χ4v) is 13.6. The SMILES string of the molecule is Cc1cc2c(cc1N1c3cc4c(cc3B3c5ccc(C(C)(C)C)cc5N(c5ccc6c(c5)C(C)(C)CCC6(C)C)c5cc(C(C)(C)C)cc1c53)C(C)(C)CC4(C)C)C(C)(C)CCC2(C)C. The third kappa shape index (κ3) is 6.60. The fourth-order valence-electron chi connectivity index (χ4n) is 13.6. The molecule has 5 aromatic rings. The van der Waals surface area contributed by atoms with Gasteiger partial charge in [0.15, 0.2) is 0 Å². The summed E-state index contributed by atoms with van der Waals surface area (Å²) in [7, 11) is 0. The van der Waals surface area contributed by atoms with Crippen molar-refractivity contribution in [2.45, 2.75) is 207 Å². The summed E-state index contributed by atoms with van der Waals surface area (Å²) in [5, 5.41) is 0. The van der Waals surface area contributed by atoms with Gasteiger partial charge in [-0.1, -0.05) is 155 Å². The van der Waals surface area contributed by atoms with E-state index in [1.54, 1.807) is 0 Å². The first-order valence-electron chi connectivity index (χ1n) is 25.3. The van der Waals surface area contributed by atoms with Crippen LogP contribution in [-0.2, 0) is 43.3 Å². The third-order valence-corrected chi connectivity index (χ3v) is 17.8. The average molecular weight is 863 g/mol. The first kappa shape index (κ1) is 44.6. The molecular formula is C62H79BN2. The highest BCUT2D eigenvalue weighted by Gasteiger charge is 2.50. The predicted molar refractivity (Wildman–Crippen MR) is 284 cm³/mol. The Morgan fingerprint density at radius 2 is 0.846 bits per heavy atom. The van der Waals surface area contributed by atoms with Crippen LogP contribution in [-0.4, -0.2) is 6.71 Å². The van der Waals surface area contributed by atoms with Crippen LogP contribution in [0.1, 0.15) is 207 Å². The lowest BCUT2D eigenvalue weighted by atomic mass is 9.33. The standard InChI is InChI=1S/C62H79BN2/c1-37-28-42-45(60(14,15)27-26-58(42,10)11)34-49(37)65-51-35-46-44(61(16,17)36-62(46,18)19)33-48(51)63-47-23-20-38(55(2,3)4)29-50(47)64(52-30-39(56(5,6)7)31-53(65)54(52)63)40-21-22-41-43(32-40)59(12,13)25-24-57(41,8)9/h20-23,28-35H,24-27,36H2,1-19H3. The molecule has 0 spiro atoms. The van der Waals surface area contributed by atoms with Crippen molar-refractivity contribution in [1.29, 1.82) is 0 Å². The summed E-state index contributed by atoms with van der Waals surface area (Å²) in [5.74, 6) is 0. The molecule has 0 aromatic heterocycles. The Hall–Kier alpha value is -4.24. The second-order valence-electron chi connectivity index (χ2n) is 27.7. The molecule has 5 aliphatic rings. The van der Waals surface area contributed by atoms with E-state index in [2.05, 4.69) is 214 Å². The van der Waals surface area contributed by atoms with E-state index in [1.807, 2.05) is 0 Å². The average Bonchev–Trinajstić information content (AvgIpc) is 3.38. The van der Waals surface area contributed by atoms with Crippen LogP contribution >= 0.6 is 0 Å². The van der Waals surface area contributed by atoms with Crippen molar-refractivity contribution < 1.29 is 0 Å². The van der Waals surface area contributed by atoms with Crippen LogP contribution in [0.3, 0.4) is 0 Å². The Labute approximate surface area is 395 Å². The quantitative estimate of drug-likeness (QED) is 0.160. The molecular weight excluding hydrogens is 784 g/mol. The van der Waals surface area contributed by atoms with Crippen molar-refractivity contribution in [3.63, 3.8) is 0 Å². The number of aryl methyl sites for hydroxylation is 1. The van der Waals surface area contributed by atoms with Gasteiger partial charge in [0.1, 0.15) is 0 Å². The van der Waals surface area contributed by atoms with Gasteiger partial charge >= 0.3 is 0 Å². The number of hydrogen-bond acceptors (Lipinski definition) is 2. The number of anilines is 6. The van der Waals surface area contributed by atoms with Crippen LogP contribution < -0.4 is 26.2 Å². The van der Waals surface area contributed by atoms with Gasteiger partial charge < -0.3 is 9.80 Å². The Morgan fingerprint density at radius 1 is 0.400 bits per heavy atom. The Morgan fingerprint density at radius 3 is 1.42 bits per heavy atom. The van der Waals surface area contributed by atoms with Gasteiger partial charge in [-0.05, 0) is 191 Å². The summed E-state index contributed by atoms with van der Waals surface area (Å²) >= 11 is 0. The molecule has 0 atom stereocenters. The number of benzene rings is 5. The lowest BCUT2D eigenvalue weighted by Crippen LogP contribution is -2.62. The molecule has 5 aromatic carbocycles. The molecule has 2 aliphatic heterocycles. The van der Waals surface area contributed by atoms with Gasteiger partial charge in [0.2, 0.25) is 0 Å². The summed E-state index contributed by atoms with van der Waals surface area (Å²) in [6.07, 6.45) is 5.94. The van der Waals surface area contributed by atoms with Crippen LogP contribution in [0.4, 0.5) is 34.1 Å². The Bertz CT molecular complexity index is 2840. The summed E-state index contributed by atoms with van der Waals surface area (Å²) < 4.78 is 0. The molecule has 0 saturated carbocycles. The maximum atomic E-state index is 2.76. The molecule has 0 fully saturated rings. The number of hydrogen-bond donors (Lipinski definition) is 0. The maximum Gasteiger partial charge on any atom is 0.252 e. The zero-order chi connectivity index (χ0) is 47.1. The zero-order valence-corrected chi connectivity index (χ0v) is 43.9.